The SMILES string of the molecule is CC[C@H]1C[C@]23OC(=O)/C(=C(\O)[C@@]4(CC)[C@@H]5CC[C@H](C)[C@H](O)[C@H]5C=C[C@H]4C/C=C/C/C(C)=C/[C@@]2(C)C=C1C(=O)O)C3=O. The monoisotopic (exact) mass is 564 g/mol. The average Bonchev–Trinajstić information content (AvgIpc) is 3.18. The summed E-state index contributed by atoms with van der Waals surface area (Å²) in [5, 5.41) is 33.6. The van der Waals surface area contributed by atoms with Gasteiger partial charge in [-0.2, -0.15) is 0 Å². The molecule has 0 unspecified atom stereocenters. The molecular formula is C34H44O7. The molecule has 0 aromatic heterocycles. The number of Topliss-reactive ketones (excluding diaryl/α,β-unsaturated/α-hetero) is 1. The van der Waals surface area contributed by atoms with Crippen molar-refractivity contribution in [2.75, 3.05) is 0 Å². The first kappa shape index (κ1) is 29.6. The summed E-state index contributed by atoms with van der Waals surface area (Å²) >= 11 is 0. The van der Waals surface area contributed by atoms with Crippen LogP contribution in [0.2, 0.25) is 0 Å². The first-order chi connectivity index (χ1) is 19.4. The molecule has 1 saturated heterocycles. The van der Waals surface area contributed by atoms with Gasteiger partial charge in [-0.3, -0.25) is 4.79 Å². The second kappa shape index (κ2) is 10.4. The van der Waals surface area contributed by atoms with Gasteiger partial charge in [0.15, 0.2) is 5.60 Å². The van der Waals surface area contributed by atoms with Crippen LogP contribution in [0.5, 0.6) is 0 Å². The maximum atomic E-state index is 14.7. The molecule has 5 aliphatic rings. The third kappa shape index (κ3) is 4.21. The molecule has 1 saturated carbocycles. The summed E-state index contributed by atoms with van der Waals surface area (Å²) in [6.45, 7) is 9.58. The number of esters is 1. The van der Waals surface area contributed by atoms with Crippen molar-refractivity contribution in [1.82, 2.24) is 0 Å². The van der Waals surface area contributed by atoms with Crippen LogP contribution in [-0.4, -0.2) is 44.7 Å². The Kier molecular flexibility index (Phi) is 7.50. The van der Waals surface area contributed by atoms with E-state index in [1.807, 2.05) is 33.8 Å². The topological polar surface area (TPSA) is 121 Å². The molecule has 7 nitrogen and oxygen atoms in total. The lowest BCUT2D eigenvalue weighted by Crippen LogP contribution is -2.55. The summed E-state index contributed by atoms with van der Waals surface area (Å²) in [5.41, 5.74) is -2.99. The number of aliphatic carboxylic acids is 1. The number of rotatable bonds is 3. The van der Waals surface area contributed by atoms with Crippen molar-refractivity contribution in [3.05, 3.63) is 58.9 Å². The highest BCUT2D eigenvalue weighted by atomic mass is 16.6. The lowest BCUT2D eigenvalue weighted by Gasteiger charge is -2.54. The van der Waals surface area contributed by atoms with Crippen LogP contribution in [0.25, 0.3) is 0 Å². The molecule has 2 bridgehead atoms. The second-order valence-corrected chi connectivity index (χ2v) is 13.3. The van der Waals surface area contributed by atoms with Crippen LogP contribution in [0.1, 0.15) is 79.6 Å². The predicted octanol–water partition coefficient (Wildman–Crippen LogP) is 6.01. The molecule has 5 rings (SSSR count). The number of aliphatic hydroxyl groups is 2. The molecule has 9 atom stereocenters. The Morgan fingerprint density at radius 1 is 1.12 bits per heavy atom. The van der Waals surface area contributed by atoms with Crippen LogP contribution in [0.3, 0.4) is 0 Å². The summed E-state index contributed by atoms with van der Waals surface area (Å²) in [5.74, 6) is -3.61. The van der Waals surface area contributed by atoms with Gasteiger partial charge in [0.05, 0.1) is 11.5 Å². The molecular weight excluding hydrogens is 520 g/mol. The molecule has 7 heteroatoms. The fraction of sp³-hybridized carbons (Fsp3) is 0.618. The number of ketones is 1. The molecule has 4 aliphatic carbocycles. The average molecular weight is 565 g/mol. The van der Waals surface area contributed by atoms with Crippen molar-refractivity contribution >= 4 is 17.7 Å². The Balaban J connectivity index is 1.78. The van der Waals surface area contributed by atoms with Crippen LogP contribution >= 0.6 is 0 Å². The molecule has 1 heterocycles. The minimum Gasteiger partial charge on any atom is -0.511 e. The summed E-state index contributed by atoms with van der Waals surface area (Å²) in [6.07, 6.45) is 14.9. The van der Waals surface area contributed by atoms with Crippen molar-refractivity contribution in [1.29, 1.82) is 0 Å². The summed E-state index contributed by atoms with van der Waals surface area (Å²) in [7, 11) is 0. The Morgan fingerprint density at radius 2 is 1.85 bits per heavy atom. The van der Waals surface area contributed by atoms with Crippen molar-refractivity contribution in [3.8, 4) is 0 Å². The highest BCUT2D eigenvalue weighted by Crippen LogP contribution is 2.60. The zero-order chi connectivity index (χ0) is 29.9. The fourth-order valence-electron chi connectivity index (χ4n) is 8.87. The Labute approximate surface area is 242 Å². The molecule has 41 heavy (non-hydrogen) atoms. The van der Waals surface area contributed by atoms with Gasteiger partial charge >= 0.3 is 11.9 Å². The first-order valence-electron chi connectivity index (χ1n) is 15.2. The van der Waals surface area contributed by atoms with E-state index >= 15 is 0 Å². The summed E-state index contributed by atoms with van der Waals surface area (Å²) in [6, 6.07) is 0. The van der Waals surface area contributed by atoms with E-state index in [0.29, 0.717) is 25.7 Å². The van der Waals surface area contributed by atoms with E-state index in [1.54, 1.807) is 13.0 Å². The zero-order valence-corrected chi connectivity index (χ0v) is 24.9. The minimum atomic E-state index is -1.67. The molecule has 0 radical (unpaired) electrons. The van der Waals surface area contributed by atoms with Gasteiger partial charge in [-0.05, 0) is 76.0 Å². The quantitative estimate of drug-likeness (QED) is 0.218. The third-order valence-electron chi connectivity index (χ3n) is 11.2. The van der Waals surface area contributed by atoms with Crippen molar-refractivity contribution in [2.45, 2.75) is 91.3 Å². The van der Waals surface area contributed by atoms with Gasteiger partial charge in [0, 0.05) is 23.3 Å². The van der Waals surface area contributed by atoms with E-state index in [-0.39, 0.29) is 47.0 Å². The number of hydrogen-bond donors (Lipinski definition) is 3. The summed E-state index contributed by atoms with van der Waals surface area (Å²) in [4.78, 5) is 40.8. The maximum Gasteiger partial charge on any atom is 0.346 e. The minimum absolute atomic E-state index is 0.0316. The van der Waals surface area contributed by atoms with E-state index in [9.17, 15) is 29.7 Å². The fourth-order valence-corrected chi connectivity index (χ4v) is 8.87. The number of carbonyl (C=O) groups is 3. The number of hydrogen-bond acceptors (Lipinski definition) is 6. The van der Waals surface area contributed by atoms with Gasteiger partial charge in [-0.25, -0.2) is 9.59 Å². The van der Waals surface area contributed by atoms with Gasteiger partial charge < -0.3 is 20.1 Å². The molecule has 0 aromatic carbocycles. The molecule has 1 spiro atoms. The van der Waals surface area contributed by atoms with Gasteiger partial charge in [0.25, 0.3) is 0 Å². The molecule has 1 aliphatic heterocycles. The molecule has 0 aromatic rings. The number of carbonyl (C=O) groups excluding carboxylic acids is 2. The number of carboxylic acids is 1. The number of allylic oxidation sites excluding steroid dienone is 5. The predicted molar refractivity (Wildman–Crippen MR) is 155 cm³/mol. The summed E-state index contributed by atoms with van der Waals surface area (Å²) < 4.78 is 6.12. The molecule has 0 amide bonds. The molecule has 222 valence electrons. The van der Waals surface area contributed by atoms with E-state index in [0.717, 1.165) is 18.4 Å². The second-order valence-electron chi connectivity index (χ2n) is 13.3. The van der Waals surface area contributed by atoms with Crippen LogP contribution in [0.4, 0.5) is 0 Å². The van der Waals surface area contributed by atoms with Crippen LogP contribution < -0.4 is 0 Å². The smallest absolute Gasteiger partial charge is 0.346 e. The van der Waals surface area contributed by atoms with Gasteiger partial charge in [-0.15, -0.1) is 0 Å². The Morgan fingerprint density at radius 3 is 2.51 bits per heavy atom. The van der Waals surface area contributed by atoms with Crippen molar-refractivity contribution in [3.63, 3.8) is 0 Å². The highest BCUT2D eigenvalue weighted by molar-refractivity contribution is 6.26. The number of carboxylic acid groups (broad SMARTS) is 1. The number of aliphatic hydroxyl groups excluding tert-OH is 2. The van der Waals surface area contributed by atoms with E-state index < -0.39 is 46.2 Å². The standard InChI is InChI=1S/C34H44O7/c1-6-21-17-34-29(37)26(31(40)41-34)28(36)33(7-2)22(13-14-23-25(33)15-12-20(4)27(23)35)11-9-8-10-19(3)16-32(34,5)18-24(21)30(38)39/h8-9,13-14,16,18,20-23,25,27,35-36H,6-7,10-12,15,17H2,1-5H3,(H,38,39)/b9-8+,19-16+,28-26-/t20-,21-,22+,23-,25+,27-,32-,33+,34+/m0/s1. The highest BCUT2D eigenvalue weighted by Gasteiger charge is 2.66. The molecule has 2 fully saturated rings. The zero-order valence-electron chi connectivity index (χ0n) is 24.9. The van der Waals surface area contributed by atoms with E-state index in [2.05, 4.69) is 24.3 Å². The normalized spacial score (nSPS) is 46.3. The van der Waals surface area contributed by atoms with Crippen LogP contribution in [0, 0.1) is 40.4 Å². The molecule has 3 N–H and O–H groups in total. The third-order valence-corrected chi connectivity index (χ3v) is 11.2. The van der Waals surface area contributed by atoms with Crippen molar-refractivity contribution in [2.24, 2.45) is 40.4 Å². The Bertz CT molecular complexity index is 1300. The van der Waals surface area contributed by atoms with Crippen molar-refractivity contribution < 1.29 is 34.4 Å². The van der Waals surface area contributed by atoms with E-state index in [4.69, 9.17) is 4.74 Å². The first-order valence-corrected chi connectivity index (χ1v) is 15.2. The lowest BCUT2D eigenvalue weighted by atomic mass is 9.51. The van der Waals surface area contributed by atoms with Crippen LogP contribution in [0.15, 0.2) is 58.9 Å². The largest absolute Gasteiger partial charge is 0.511 e. The van der Waals surface area contributed by atoms with Gasteiger partial charge in [0.1, 0.15) is 11.3 Å². The number of ether oxygens (including phenoxy) is 1. The van der Waals surface area contributed by atoms with Gasteiger partial charge in [0.2, 0.25) is 5.78 Å². The van der Waals surface area contributed by atoms with Crippen LogP contribution in [-0.2, 0) is 19.1 Å². The lowest BCUT2D eigenvalue weighted by molar-refractivity contribution is -0.162. The number of fused-ring (bicyclic) bond motifs is 4. The van der Waals surface area contributed by atoms with Gasteiger partial charge in [-0.1, -0.05) is 62.8 Å². The van der Waals surface area contributed by atoms with E-state index in [1.165, 1.54) is 0 Å². The Hall–Kier alpha value is -2.93. The maximum absolute atomic E-state index is 14.7.